The van der Waals surface area contributed by atoms with Gasteiger partial charge >= 0.3 is 0 Å². The molecule has 5 heteroatoms. The summed E-state index contributed by atoms with van der Waals surface area (Å²) in [6.45, 7) is 1.30. The van der Waals surface area contributed by atoms with E-state index < -0.39 is 0 Å². The minimum Gasteiger partial charge on any atom is -0.493 e. The monoisotopic (exact) mass is 288 g/mol. The summed E-state index contributed by atoms with van der Waals surface area (Å²) in [6.07, 6.45) is 0.812. The molecule has 2 heterocycles. The van der Waals surface area contributed by atoms with Crippen molar-refractivity contribution < 1.29 is 9.13 Å². The fourth-order valence-electron chi connectivity index (χ4n) is 2.33. The largest absolute Gasteiger partial charge is 0.493 e. The molecule has 0 spiro atoms. The Morgan fingerprint density at radius 3 is 3.10 bits per heavy atom. The number of nitrogens with one attached hydrogen (secondary N) is 1. The maximum Gasteiger partial charge on any atom is 0.124 e. The molecule has 20 heavy (non-hydrogen) atoms. The number of rotatable bonds is 3. The lowest BCUT2D eigenvalue weighted by atomic mass is 10.0. The lowest BCUT2D eigenvalue weighted by Crippen LogP contribution is -2.26. The highest BCUT2D eigenvalue weighted by Gasteiger charge is 2.21. The molecule has 2 aromatic rings. The van der Waals surface area contributed by atoms with E-state index in [0.29, 0.717) is 18.0 Å². The van der Waals surface area contributed by atoms with E-state index in [1.165, 1.54) is 23.5 Å². The lowest BCUT2D eigenvalue weighted by molar-refractivity contribution is 0.251. The minimum atomic E-state index is -0.246. The first-order valence-corrected chi connectivity index (χ1v) is 7.22. The fraction of sp³-hybridized carbons (Fsp3) is 0.267. The zero-order valence-electron chi connectivity index (χ0n) is 10.7. The van der Waals surface area contributed by atoms with Gasteiger partial charge in [-0.25, -0.2) is 4.39 Å². The smallest absolute Gasteiger partial charge is 0.124 e. The average Bonchev–Trinajstić information content (AvgIpc) is 2.93. The summed E-state index contributed by atoms with van der Waals surface area (Å²) in [4.78, 5) is 1.81. The number of thiophene rings is 1. The van der Waals surface area contributed by atoms with Crippen LogP contribution in [0.15, 0.2) is 30.3 Å². The van der Waals surface area contributed by atoms with E-state index in [1.54, 1.807) is 6.07 Å². The van der Waals surface area contributed by atoms with Gasteiger partial charge in [-0.2, -0.15) is 5.26 Å². The number of halogens is 1. The second-order valence-electron chi connectivity index (χ2n) is 4.63. The van der Waals surface area contributed by atoms with E-state index in [9.17, 15) is 4.39 Å². The number of hydrogen-bond acceptors (Lipinski definition) is 4. The fourth-order valence-corrected chi connectivity index (χ4v) is 3.09. The first-order chi connectivity index (χ1) is 9.76. The van der Waals surface area contributed by atoms with Gasteiger partial charge in [0, 0.05) is 29.4 Å². The molecule has 3 nitrogen and oxygen atoms in total. The number of nitrogens with zero attached hydrogens (tertiary/aromatic N) is 1. The second kappa shape index (κ2) is 5.61. The van der Waals surface area contributed by atoms with Crippen molar-refractivity contribution in [3.63, 3.8) is 0 Å². The van der Waals surface area contributed by atoms with Gasteiger partial charge in [0.05, 0.1) is 6.61 Å². The van der Waals surface area contributed by atoms with Crippen LogP contribution in [-0.2, 0) is 6.54 Å². The standard InChI is InChI=1S/C15H13FN2OS/c16-10-1-4-15-13(7-10)14(5-6-19-15)18-9-12-3-2-11(8-17)20-12/h1-4,7,14,18H,5-6,9H2. The Bertz CT molecular complexity index is 662. The van der Waals surface area contributed by atoms with Gasteiger partial charge in [0.1, 0.15) is 22.5 Å². The molecule has 0 amide bonds. The Labute approximate surface area is 120 Å². The first kappa shape index (κ1) is 13.1. The van der Waals surface area contributed by atoms with E-state index in [-0.39, 0.29) is 11.9 Å². The normalized spacial score (nSPS) is 17.1. The molecule has 1 aliphatic rings. The van der Waals surface area contributed by atoms with Gasteiger partial charge < -0.3 is 10.1 Å². The Hall–Kier alpha value is -1.90. The third-order valence-electron chi connectivity index (χ3n) is 3.31. The van der Waals surface area contributed by atoms with Crippen LogP contribution in [0.2, 0.25) is 0 Å². The van der Waals surface area contributed by atoms with Crippen molar-refractivity contribution in [3.8, 4) is 11.8 Å². The maximum atomic E-state index is 13.4. The van der Waals surface area contributed by atoms with Crippen molar-refractivity contribution in [1.82, 2.24) is 5.32 Å². The minimum absolute atomic E-state index is 0.0853. The summed E-state index contributed by atoms with van der Waals surface area (Å²) in [5.41, 5.74) is 0.869. The molecule has 0 bridgehead atoms. The van der Waals surface area contributed by atoms with Gasteiger partial charge in [0.15, 0.2) is 0 Å². The van der Waals surface area contributed by atoms with Crippen molar-refractivity contribution in [3.05, 3.63) is 51.5 Å². The molecular formula is C15H13FN2OS. The van der Waals surface area contributed by atoms with Crippen molar-refractivity contribution >= 4 is 11.3 Å². The Morgan fingerprint density at radius 1 is 1.40 bits per heavy atom. The summed E-state index contributed by atoms with van der Waals surface area (Å²) >= 11 is 1.48. The van der Waals surface area contributed by atoms with Gasteiger partial charge in [-0.05, 0) is 30.3 Å². The topological polar surface area (TPSA) is 45.0 Å². The Kier molecular flexibility index (Phi) is 3.68. The Morgan fingerprint density at radius 2 is 2.30 bits per heavy atom. The molecule has 1 aromatic carbocycles. The predicted molar refractivity (Wildman–Crippen MR) is 75.1 cm³/mol. The molecule has 0 fully saturated rings. The van der Waals surface area contributed by atoms with Gasteiger partial charge in [0.2, 0.25) is 0 Å². The highest BCUT2D eigenvalue weighted by molar-refractivity contribution is 7.12. The quantitative estimate of drug-likeness (QED) is 0.941. The molecule has 0 saturated heterocycles. The van der Waals surface area contributed by atoms with Gasteiger partial charge in [0.25, 0.3) is 0 Å². The summed E-state index contributed by atoms with van der Waals surface area (Å²) in [6, 6.07) is 10.6. The molecule has 102 valence electrons. The van der Waals surface area contributed by atoms with Crippen molar-refractivity contribution in [1.29, 1.82) is 5.26 Å². The summed E-state index contributed by atoms with van der Waals surface area (Å²) in [7, 11) is 0. The molecule has 0 aliphatic carbocycles. The van der Waals surface area contributed by atoms with Crippen LogP contribution in [0.4, 0.5) is 4.39 Å². The number of fused-ring (bicyclic) bond motifs is 1. The highest BCUT2D eigenvalue weighted by atomic mass is 32.1. The molecule has 3 rings (SSSR count). The van der Waals surface area contributed by atoms with E-state index in [4.69, 9.17) is 10.00 Å². The number of ether oxygens (including phenoxy) is 1. The van der Waals surface area contributed by atoms with Crippen LogP contribution in [0.1, 0.15) is 27.8 Å². The zero-order chi connectivity index (χ0) is 13.9. The molecule has 1 aliphatic heterocycles. The SMILES string of the molecule is N#Cc1ccc(CNC2CCOc3ccc(F)cc32)s1. The lowest BCUT2D eigenvalue weighted by Gasteiger charge is -2.26. The third-order valence-corrected chi connectivity index (χ3v) is 4.30. The molecule has 0 radical (unpaired) electrons. The van der Waals surface area contributed by atoms with Crippen molar-refractivity contribution in [2.24, 2.45) is 0 Å². The van der Waals surface area contributed by atoms with E-state index >= 15 is 0 Å². The van der Waals surface area contributed by atoms with Gasteiger partial charge in [-0.15, -0.1) is 11.3 Å². The molecule has 0 saturated carbocycles. The Balaban J connectivity index is 1.73. The van der Waals surface area contributed by atoms with Crippen molar-refractivity contribution in [2.45, 2.75) is 19.0 Å². The summed E-state index contributed by atoms with van der Waals surface area (Å²) < 4.78 is 18.9. The maximum absolute atomic E-state index is 13.4. The zero-order valence-corrected chi connectivity index (χ0v) is 11.5. The second-order valence-corrected chi connectivity index (χ2v) is 5.80. The first-order valence-electron chi connectivity index (χ1n) is 6.41. The predicted octanol–water partition coefficient (Wildman–Crippen LogP) is 3.37. The number of nitriles is 1. The van der Waals surface area contributed by atoms with Crippen LogP contribution in [0.25, 0.3) is 0 Å². The van der Waals surface area contributed by atoms with Crippen LogP contribution in [0.3, 0.4) is 0 Å². The molecule has 1 N–H and O–H groups in total. The van der Waals surface area contributed by atoms with Crippen LogP contribution in [0, 0.1) is 17.1 Å². The highest BCUT2D eigenvalue weighted by Crippen LogP contribution is 2.32. The van der Waals surface area contributed by atoms with Crippen LogP contribution < -0.4 is 10.1 Å². The summed E-state index contributed by atoms with van der Waals surface area (Å²) in [5, 5.41) is 12.2. The molecule has 1 atom stereocenters. The molecule has 1 unspecified atom stereocenters. The van der Waals surface area contributed by atoms with Crippen LogP contribution in [0.5, 0.6) is 5.75 Å². The molecule has 1 aromatic heterocycles. The van der Waals surface area contributed by atoms with E-state index in [1.807, 2.05) is 12.1 Å². The van der Waals surface area contributed by atoms with Crippen LogP contribution >= 0.6 is 11.3 Å². The molecular weight excluding hydrogens is 275 g/mol. The van der Waals surface area contributed by atoms with Gasteiger partial charge in [-0.3, -0.25) is 0 Å². The van der Waals surface area contributed by atoms with Crippen LogP contribution in [-0.4, -0.2) is 6.61 Å². The summed E-state index contributed by atoms with van der Waals surface area (Å²) in [5.74, 6) is 0.503. The number of hydrogen-bond donors (Lipinski definition) is 1. The van der Waals surface area contributed by atoms with E-state index in [2.05, 4.69) is 11.4 Å². The van der Waals surface area contributed by atoms with Crippen molar-refractivity contribution in [2.75, 3.05) is 6.61 Å². The average molecular weight is 288 g/mol. The third kappa shape index (κ3) is 2.67. The van der Waals surface area contributed by atoms with E-state index in [0.717, 1.165) is 22.6 Å². The van der Waals surface area contributed by atoms with Gasteiger partial charge in [-0.1, -0.05) is 0 Å². The number of benzene rings is 1.